The van der Waals surface area contributed by atoms with Crippen molar-refractivity contribution < 1.29 is 9.90 Å². The van der Waals surface area contributed by atoms with E-state index in [1.807, 2.05) is 0 Å². The van der Waals surface area contributed by atoms with Crippen molar-refractivity contribution in [1.29, 1.82) is 0 Å². The highest BCUT2D eigenvalue weighted by molar-refractivity contribution is 6.34. The predicted molar refractivity (Wildman–Crippen MR) is 76.7 cm³/mol. The molecule has 4 N–H and O–H groups in total. The maximum Gasteiger partial charge on any atom is 0.259 e. The van der Waals surface area contributed by atoms with Crippen molar-refractivity contribution in [1.82, 2.24) is 0 Å². The molecule has 0 heterocycles. The first-order chi connectivity index (χ1) is 8.99. The molecule has 0 radical (unpaired) electrons. The monoisotopic (exact) mass is 276 g/mol. The largest absolute Gasteiger partial charge is 0.507 e. The number of carbonyl (C=O) groups is 1. The summed E-state index contributed by atoms with van der Waals surface area (Å²) in [5.74, 6) is -0.459. The van der Waals surface area contributed by atoms with E-state index in [9.17, 15) is 9.90 Å². The Balaban J connectivity index is 2.28. The standard InChI is InChI=1S/C14H13ClN2O2/c1-8-3-2-4-10(13(8)18)14(19)17-12-6-5-9(16)7-11(12)15/h2-7,18H,16H2,1H3,(H,17,19). The summed E-state index contributed by atoms with van der Waals surface area (Å²) in [7, 11) is 0. The first-order valence-electron chi connectivity index (χ1n) is 5.64. The number of aryl methyl sites for hydroxylation is 1. The number of benzene rings is 2. The van der Waals surface area contributed by atoms with Gasteiger partial charge in [0, 0.05) is 5.69 Å². The Labute approximate surface area is 115 Å². The van der Waals surface area contributed by atoms with Gasteiger partial charge in [-0.2, -0.15) is 0 Å². The molecule has 0 atom stereocenters. The molecule has 0 aromatic heterocycles. The van der Waals surface area contributed by atoms with E-state index in [1.54, 1.807) is 43.3 Å². The molecule has 0 aliphatic heterocycles. The van der Waals surface area contributed by atoms with Gasteiger partial charge in [0.05, 0.1) is 16.3 Å². The van der Waals surface area contributed by atoms with E-state index in [0.717, 1.165) is 0 Å². The summed E-state index contributed by atoms with van der Waals surface area (Å²) in [6, 6.07) is 9.77. The molecule has 0 bridgehead atoms. The minimum atomic E-state index is -0.423. The van der Waals surface area contributed by atoms with Crippen LogP contribution in [0.2, 0.25) is 5.02 Å². The average molecular weight is 277 g/mol. The highest BCUT2D eigenvalue weighted by Gasteiger charge is 2.13. The number of amides is 1. The third kappa shape index (κ3) is 2.80. The number of phenolic OH excluding ortho intramolecular Hbond substituents is 1. The van der Waals surface area contributed by atoms with Crippen LogP contribution in [0.25, 0.3) is 0 Å². The van der Waals surface area contributed by atoms with Gasteiger partial charge in [-0.1, -0.05) is 23.7 Å². The number of phenols is 1. The molecule has 1 amide bonds. The van der Waals surface area contributed by atoms with E-state index >= 15 is 0 Å². The molecule has 0 saturated heterocycles. The van der Waals surface area contributed by atoms with Crippen LogP contribution >= 0.6 is 11.6 Å². The molecule has 0 aliphatic rings. The van der Waals surface area contributed by atoms with Gasteiger partial charge in [0.25, 0.3) is 5.91 Å². The van der Waals surface area contributed by atoms with Crippen molar-refractivity contribution in [2.75, 3.05) is 11.1 Å². The summed E-state index contributed by atoms with van der Waals surface area (Å²) in [5, 5.41) is 12.8. The van der Waals surface area contributed by atoms with Gasteiger partial charge >= 0.3 is 0 Å². The number of nitrogen functional groups attached to an aromatic ring is 1. The van der Waals surface area contributed by atoms with Crippen molar-refractivity contribution >= 4 is 28.9 Å². The zero-order valence-corrected chi connectivity index (χ0v) is 11.0. The van der Waals surface area contributed by atoms with E-state index in [0.29, 0.717) is 22.0 Å². The number of carbonyl (C=O) groups excluding carboxylic acids is 1. The Morgan fingerprint density at radius 2 is 2.05 bits per heavy atom. The second-order valence-corrected chi connectivity index (χ2v) is 4.57. The number of rotatable bonds is 2. The van der Waals surface area contributed by atoms with Crippen molar-refractivity contribution in [2.45, 2.75) is 6.92 Å². The SMILES string of the molecule is Cc1cccc(C(=O)Nc2ccc(N)cc2Cl)c1O. The predicted octanol–water partition coefficient (Wildman–Crippen LogP) is 3.19. The summed E-state index contributed by atoms with van der Waals surface area (Å²) >= 11 is 5.97. The number of aromatic hydroxyl groups is 1. The molecule has 2 aromatic carbocycles. The minimum absolute atomic E-state index is 0.0356. The van der Waals surface area contributed by atoms with Gasteiger partial charge in [-0.05, 0) is 36.8 Å². The zero-order chi connectivity index (χ0) is 14.0. The van der Waals surface area contributed by atoms with E-state index in [2.05, 4.69) is 5.32 Å². The van der Waals surface area contributed by atoms with Gasteiger partial charge in [0.1, 0.15) is 5.75 Å². The minimum Gasteiger partial charge on any atom is -0.507 e. The average Bonchev–Trinajstić information content (AvgIpc) is 2.36. The molecule has 0 fully saturated rings. The van der Waals surface area contributed by atoms with E-state index in [1.165, 1.54) is 0 Å². The lowest BCUT2D eigenvalue weighted by molar-refractivity contribution is 0.102. The molecule has 2 rings (SSSR count). The van der Waals surface area contributed by atoms with Crippen molar-refractivity contribution in [2.24, 2.45) is 0 Å². The van der Waals surface area contributed by atoms with Crippen LogP contribution in [0, 0.1) is 6.92 Å². The molecular weight excluding hydrogens is 264 g/mol. The number of anilines is 2. The van der Waals surface area contributed by atoms with Crippen LogP contribution in [0.3, 0.4) is 0 Å². The normalized spacial score (nSPS) is 10.2. The number of hydrogen-bond acceptors (Lipinski definition) is 3. The van der Waals surface area contributed by atoms with Crippen LogP contribution in [0.15, 0.2) is 36.4 Å². The molecular formula is C14H13ClN2O2. The lowest BCUT2D eigenvalue weighted by atomic mass is 10.1. The van der Waals surface area contributed by atoms with Crippen LogP contribution in [-0.4, -0.2) is 11.0 Å². The zero-order valence-electron chi connectivity index (χ0n) is 10.3. The van der Waals surface area contributed by atoms with Gasteiger partial charge in [-0.15, -0.1) is 0 Å². The Morgan fingerprint density at radius 3 is 2.74 bits per heavy atom. The lowest BCUT2D eigenvalue weighted by Gasteiger charge is -2.10. The highest BCUT2D eigenvalue weighted by Crippen LogP contribution is 2.27. The van der Waals surface area contributed by atoms with Gasteiger partial charge < -0.3 is 16.2 Å². The topological polar surface area (TPSA) is 75.4 Å². The van der Waals surface area contributed by atoms with Crippen molar-refractivity contribution in [3.63, 3.8) is 0 Å². The molecule has 0 spiro atoms. The summed E-state index contributed by atoms with van der Waals surface area (Å²) in [6.45, 7) is 1.72. The molecule has 4 nitrogen and oxygen atoms in total. The highest BCUT2D eigenvalue weighted by atomic mass is 35.5. The first-order valence-corrected chi connectivity index (χ1v) is 6.02. The third-order valence-corrected chi connectivity index (χ3v) is 3.04. The fraction of sp³-hybridized carbons (Fsp3) is 0.0714. The van der Waals surface area contributed by atoms with Gasteiger partial charge in [-0.25, -0.2) is 0 Å². The Hall–Kier alpha value is -2.20. The van der Waals surface area contributed by atoms with Crippen molar-refractivity contribution in [3.8, 4) is 5.75 Å². The van der Waals surface area contributed by atoms with E-state index in [4.69, 9.17) is 17.3 Å². The fourth-order valence-corrected chi connectivity index (χ4v) is 1.90. The summed E-state index contributed by atoms with van der Waals surface area (Å²) in [5.41, 5.74) is 7.37. The molecule has 0 aliphatic carbocycles. The molecule has 0 unspecified atom stereocenters. The number of hydrogen-bond donors (Lipinski definition) is 3. The van der Waals surface area contributed by atoms with Gasteiger partial charge in [0.15, 0.2) is 0 Å². The van der Waals surface area contributed by atoms with Crippen LogP contribution in [0.1, 0.15) is 15.9 Å². The number of halogens is 1. The second-order valence-electron chi connectivity index (χ2n) is 4.16. The summed E-state index contributed by atoms with van der Waals surface area (Å²) in [4.78, 5) is 12.1. The smallest absolute Gasteiger partial charge is 0.259 e. The van der Waals surface area contributed by atoms with Crippen LogP contribution in [0.4, 0.5) is 11.4 Å². The molecule has 98 valence electrons. The molecule has 5 heteroatoms. The van der Waals surface area contributed by atoms with Crippen LogP contribution in [-0.2, 0) is 0 Å². The van der Waals surface area contributed by atoms with Crippen LogP contribution in [0.5, 0.6) is 5.75 Å². The Bertz CT molecular complexity index is 641. The Morgan fingerprint density at radius 1 is 1.32 bits per heavy atom. The fourth-order valence-electron chi connectivity index (χ4n) is 1.66. The number of nitrogens with one attached hydrogen (secondary N) is 1. The van der Waals surface area contributed by atoms with Gasteiger partial charge in [0.2, 0.25) is 0 Å². The third-order valence-electron chi connectivity index (χ3n) is 2.72. The summed E-state index contributed by atoms with van der Waals surface area (Å²) < 4.78 is 0. The van der Waals surface area contributed by atoms with Gasteiger partial charge in [-0.3, -0.25) is 4.79 Å². The molecule has 19 heavy (non-hydrogen) atoms. The maximum atomic E-state index is 12.1. The lowest BCUT2D eigenvalue weighted by Crippen LogP contribution is -2.12. The first kappa shape index (κ1) is 13.2. The number of nitrogens with two attached hydrogens (primary N) is 1. The summed E-state index contributed by atoms with van der Waals surface area (Å²) in [6.07, 6.45) is 0. The number of para-hydroxylation sites is 1. The van der Waals surface area contributed by atoms with E-state index in [-0.39, 0.29) is 11.3 Å². The van der Waals surface area contributed by atoms with Crippen molar-refractivity contribution in [3.05, 3.63) is 52.5 Å². The molecule has 0 saturated carbocycles. The molecule has 2 aromatic rings. The maximum absolute atomic E-state index is 12.1. The quantitative estimate of drug-likeness (QED) is 0.737. The second kappa shape index (κ2) is 5.20. The van der Waals surface area contributed by atoms with Crippen LogP contribution < -0.4 is 11.1 Å². The Kier molecular flexibility index (Phi) is 3.62. The van der Waals surface area contributed by atoms with E-state index < -0.39 is 5.91 Å².